The lowest BCUT2D eigenvalue weighted by Crippen LogP contribution is -2.26. The molecule has 0 unspecified atom stereocenters. The number of hydrogen-bond acceptors (Lipinski definition) is 5. The van der Waals surface area contributed by atoms with Gasteiger partial charge in [0.2, 0.25) is 5.82 Å². The molecule has 22 heavy (non-hydrogen) atoms. The Morgan fingerprint density at radius 2 is 2.27 bits per heavy atom. The summed E-state index contributed by atoms with van der Waals surface area (Å²) in [5.74, 6) is 0.186. The minimum atomic E-state index is -0.319. The van der Waals surface area contributed by atoms with E-state index >= 15 is 0 Å². The summed E-state index contributed by atoms with van der Waals surface area (Å²) in [5, 5.41) is 11.7. The summed E-state index contributed by atoms with van der Waals surface area (Å²) in [6.45, 7) is 3.02. The van der Waals surface area contributed by atoms with E-state index in [9.17, 15) is 4.79 Å². The third-order valence-electron chi connectivity index (χ3n) is 3.06. The zero-order valence-electron chi connectivity index (χ0n) is 11.9. The first kappa shape index (κ1) is 14.5. The van der Waals surface area contributed by atoms with Gasteiger partial charge in [-0.2, -0.15) is 10.1 Å². The molecule has 0 radical (unpaired) electrons. The van der Waals surface area contributed by atoms with E-state index in [1.807, 2.05) is 6.92 Å². The van der Waals surface area contributed by atoms with E-state index in [2.05, 4.69) is 25.5 Å². The molecule has 0 saturated carbocycles. The van der Waals surface area contributed by atoms with Gasteiger partial charge in [-0.15, -0.1) is 5.10 Å². The first-order chi connectivity index (χ1) is 10.6. The van der Waals surface area contributed by atoms with E-state index in [0.717, 1.165) is 12.1 Å². The molecule has 3 rings (SSSR count). The molecular weight excluding hydrogens is 306 g/mol. The van der Waals surface area contributed by atoms with E-state index in [0.29, 0.717) is 23.9 Å². The fourth-order valence-electron chi connectivity index (χ4n) is 1.96. The summed E-state index contributed by atoms with van der Waals surface area (Å²) in [6.07, 6.45) is 5.79. The molecule has 3 heterocycles. The van der Waals surface area contributed by atoms with Crippen molar-refractivity contribution in [3.8, 4) is 0 Å². The average molecular weight is 320 g/mol. The number of rotatable bonds is 5. The van der Waals surface area contributed by atoms with Crippen LogP contribution in [-0.2, 0) is 6.54 Å². The average Bonchev–Trinajstić information content (AvgIpc) is 3.07. The van der Waals surface area contributed by atoms with Crippen LogP contribution in [0.3, 0.4) is 0 Å². The van der Waals surface area contributed by atoms with Crippen LogP contribution in [0, 0.1) is 6.92 Å². The molecule has 0 aromatic carbocycles. The van der Waals surface area contributed by atoms with Gasteiger partial charge in [-0.1, -0.05) is 11.6 Å². The van der Waals surface area contributed by atoms with Crippen LogP contribution in [0.25, 0.3) is 5.78 Å². The summed E-state index contributed by atoms with van der Waals surface area (Å²) in [5.41, 5.74) is 0.798. The van der Waals surface area contributed by atoms with Gasteiger partial charge in [0.05, 0.1) is 10.7 Å². The lowest BCUT2D eigenvalue weighted by Gasteiger charge is -2.03. The highest BCUT2D eigenvalue weighted by atomic mass is 35.5. The second-order valence-electron chi connectivity index (χ2n) is 4.73. The summed E-state index contributed by atoms with van der Waals surface area (Å²) in [6, 6.07) is 1.72. The van der Waals surface area contributed by atoms with Gasteiger partial charge in [-0.25, -0.2) is 9.50 Å². The van der Waals surface area contributed by atoms with Crippen LogP contribution in [0.4, 0.5) is 0 Å². The second kappa shape index (κ2) is 6.10. The molecule has 0 saturated heterocycles. The van der Waals surface area contributed by atoms with Crippen molar-refractivity contribution in [2.24, 2.45) is 0 Å². The molecule has 0 bridgehead atoms. The predicted octanol–water partition coefficient (Wildman–Crippen LogP) is 1.10. The number of amides is 1. The fourth-order valence-corrected chi connectivity index (χ4v) is 2.11. The Labute approximate surface area is 131 Å². The van der Waals surface area contributed by atoms with E-state index < -0.39 is 0 Å². The number of nitrogens with one attached hydrogen (secondary N) is 1. The third-order valence-corrected chi connectivity index (χ3v) is 3.43. The number of hydrogen-bond donors (Lipinski definition) is 1. The highest BCUT2D eigenvalue weighted by molar-refractivity contribution is 6.31. The Morgan fingerprint density at radius 3 is 3.00 bits per heavy atom. The van der Waals surface area contributed by atoms with Crippen molar-refractivity contribution in [1.82, 2.24) is 34.7 Å². The Kier molecular flexibility index (Phi) is 4.01. The van der Waals surface area contributed by atoms with E-state index in [1.54, 1.807) is 29.3 Å². The Bertz CT molecular complexity index is 757. The van der Waals surface area contributed by atoms with Gasteiger partial charge in [-0.3, -0.25) is 9.48 Å². The van der Waals surface area contributed by atoms with Gasteiger partial charge < -0.3 is 5.32 Å². The van der Waals surface area contributed by atoms with Crippen molar-refractivity contribution >= 4 is 23.3 Å². The van der Waals surface area contributed by atoms with Crippen molar-refractivity contribution in [3.63, 3.8) is 0 Å². The summed E-state index contributed by atoms with van der Waals surface area (Å²) in [7, 11) is 0. The van der Waals surface area contributed by atoms with Gasteiger partial charge in [0.1, 0.15) is 0 Å². The lowest BCUT2D eigenvalue weighted by molar-refractivity contribution is 0.0942. The maximum atomic E-state index is 12.0. The SMILES string of the molecule is Cc1nn(CCCNC(=O)c2nc3ncccn3n2)cc1Cl. The molecule has 0 fully saturated rings. The molecule has 3 aromatic heterocycles. The molecule has 0 aliphatic heterocycles. The second-order valence-corrected chi connectivity index (χ2v) is 5.14. The highest BCUT2D eigenvalue weighted by Crippen LogP contribution is 2.11. The van der Waals surface area contributed by atoms with Crippen molar-refractivity contribution in [3.05, 3.63) is 41.2 Å². The standard InChI is InChI=1S/C13H14ClN7O/c1-9-10(14)8-20(18-9)6-2-4-15-12(22)11-17-13-16-5-3-7-21(13)19-11/h3,5,7-8H,2,4,6H2,1H3,(H,15,22). The summed E-state index contributed by atoms with van der Waals surface area (Å²) in [4.78, 5) is 20.0. The lowest BCUT2D eigenvalue weighted by atomic mass is 10.4. The zero-order valence-corrected chi connectivity index (χ0v) is 12.7. The van der Waals surface area contributed by atoms with Crippen LogP contribution in [0.5, 0.6) is 0 Å². The molecule has 0 aliphatic rings. The van der Waals surface area contributed by atoms with Crippen molar-refractivity contribution < 1.29 is 4.79 Å². The quantitative estimate of drug-likeness (QED) is 0.711. The Hall–Kier alpha value is -2.48. The number of nitrogens with zero attached hydrogens (tertiary/aromatic N) is 6. The van der Waals surface area contributed by atoms with Gasteiger partial charge in [0.15, 0.2) is 0 Å². The molecule has 1 N–H and O–H groups in total. The molecule has 0 aliphatic carbocycles. The summed E-state index contributed by atoms with van der Waals surface area (Å²) < 4.78 is 3.22. The number of aromatic nitrogens is 6. The molecule has 1 amide bonds. The number of aryl methyl sites for hydroxylation is 2. The normalized spacial score (nSPS) is 11.0. The van der Waals surface area contributed by atoms with Crippen LogP contribution in [0.2, 0.25) is 5.02 Å². The molecule has 3 aromatic rings. The first-order valence-corrected chi connectivity index (χ1v) is 7.16. The van der Waals surface area contributed by atoms with Crippen molar-refractivity contribution in [2.45, 2.75) is 19.9 Å². The minimum absolute atomic E-state index is 0.108. The number of carbonyl (C=O) groups is 1. The highest BCUT2D eigenvalue weighted by Gasteiger charge is 2.12. The molecular formula is C13H14ClN7O. The largest absolute Gasteiger partial charge is 0.349 e. The predicted molar refractivity (Wildman–Crippen MR) is 79.7 cm³/mol. The van der Waals surface area contributed by atoms with Gasteiger partial charge in [-0.05, 0) is 19.4 Å². The monoisotopic (exact) mass is 319 g/mol. The van der Waals surface area contributed by atoms with Crippen LogP contribution in [-0.4, -0.2) is 41.8 Å². The smallest absolute Gasteiger partial charge is 0.291 e. The first-order valence-electron chi connectivity index (χ1n) is 6.78. The van der Waals surface area contributed by atoms with Crippen LogP contribution in [0.15, 0.2) is 24.7 Å². The van der Waals surface area contributed by atoms with Gasteiger partial charge in [0.25, 0.3) is 11.7 Å². The van der Waals surface area contributed by atoms with E-state index in [-0.39, 0.29) is 11.7 Å². The molecule has 0 spiro atoms. The van der Waals surface area contributed by atoms with Gasteiger partial charge >= 0.3 is 0 Å². The molecule has 8 nitrogen and oxygen atoms in total. The van der Waals surface area contributed by atoms with Crippen LogP contribution < -0.4 is 5.32 Å². The minimum Gasteiger partial charge on any atom is -0.349 e. The topological polar surface area (TPSA) is 90.0 Å². The van der Waals surface area contributed by atoms with Crippen LogP contribution >= 0.6 is 11.6 Å². The van der Waals surface area contributed by atoms with Gasteiger partial charge in [0, 0.05) is 31.7 Å². The van der Waals surface area contributed by atoms with Crippen LogP contribution in [0.1, 0.15) is 22.7 Å². The number of fused-ring (bicyclic) bond motifs is 1. The number of halogens is 1. The van der Waals surface area contributed by atoms with Crippen molar-refractivity contribution in [2.75, 3.05) is 6.54 Å². The Balaban J connectivity index is 1.51. The number of carbonyl (C=O) groups excluding carboxylic acids is 1. The zero-order chi connectivity index (χ0) is 15.5. The summed E-state index contributed by atoms with van der Waals surface area (Å²) >= 11 is 5.93. The maximum Gasteiger partial charge on any atom is 0.291 e. The van der Waals surface area contributed by atoms with E-state index in [1.165, 1.54) is 4.52 Å². The molecule has 9 heteroatoms. The van der Waals surface area contributed by atoms with E-state index in [4.69, 9.17) is 11.6 Å². The molecule has 0 atom stereocenters. The Morgan fingerprint density at radius 1 is 1.41 bits per heavy atom. The van der Waals surface area contributed by atoms with Crippen molar-refractivity contribution in [1.29, 1.82) is 0 Å². The third kappa shape index (κ3) is 3.06. The fraction of sp³-hybridized carbons (Fsp3) is 0.308. The maximum absolute atomic E-state index is 12.0. The molecule has 114 valence electrons.